The normalized spacial score (nSPS) is 10.7. The van der Waals surface area contributed by atoms with E-state index in [-0.39, 0.29) is 34.7 Å². The molecule has 0 radical (unpaired) electrons. The van der Waals surface area contributed by atoms with Crippen molar-refractivity contribution in [2.75, 3.05) is 0 Å². The third-order valence-corrected chi connectivity index (χ3v) is 3.31. The van der Waals surface area contributed by atoms with Crippen molar-refractivity contribution < 1.29 is 18.0 Å². The number of nitrogens with zero attached hydrogens (tertiary/aromatic N) is 1. The average Bonchev–Trinajstić information content (AvgIpc) is 2.46. The van der Waals surface area contributed by atoms with E-state index in [0.717, 1.165) is 0 Å². The molecule has 0 aliphatic heterocycles. The Bertz CT molecular complexity index is 620. The zero-order chi connectivity index (χ0) is 15.2. The molecule has 2 rings (SSSR count). The molecule has 0 saturated carbocycles. The Morgan fingerprint density at radius 1 is 1.24 bits per heavy atom. The topological polar surface area (TPSA) is 42.0 Å². The van der Waals surface area contributed by atoms with E-state index >= 15 is 0 Å². The fourth-order valence-electron chi connectivity index (χ4n) is 1.62. The highest BCUT2D eigenvalue weighted by Crippen LogP contribution is 2.26. The lowest BCUT2D eigenvalue weighted by molar-refractivity contribution is 0.0947. The quantitative estimate of drug-likeness (QED) is 0.860. The predicted octanol–water partition coefficient (Wildman–Crippen LogP) is 3.47. The lowest BCUT2D eigenvalue weighted by Crippen LogP contribution is -2.23. The SMILES string of the molecule is O=C(NCc1ccc(F)cc1)c1cccnc1SC(F)F. The van der Waals surface area contributed by atoms with Gasteiger partial charge in [-0.05, 0) is 41.6 Å². The summed E-state index contributed by atoms with van der Waals surface area (Å²) in [7, 11) is 0. The predicted molar refractivity (Wildman–Crippen MR) is 73.7 cm³/mol. The van der Waals surface area contributed by atoms with Crippen molar-refractivity contribution in [2.24, 2.45) is 0 Å². The molecule has 0 aliphatic rings. The number of nitrogens with one attached hydrogen (secondary N) is 1. The van der Waals surface area contributed by atoms with Gasteiger partial charge in [-0.2, -0.15) is 8.78 Å². The molecule has 1 amide bonds. The molecule has 7 heteroatoms. The van der Waals surface area contributed by atoms with Crippen LogP contribution in [0.4, 0.5) is 13.2 Å². The van der Waals surface area contributed by atoms with Crippen LogP contribution >= 0.6 is 11.8 Å². The zero-order valence-electron chi connectivity index (χ0n) is 10.7. The lowest BCUT2D eigenvalue weighted by Gasteiger charge is -2.08. The van der Waals surface area contributed by atoms with Gasteiger partial charge in [-0.15, -0.1) is 0 Å². The summed E-state index contributed by atoms with van der Waals surface area (Å²) in [6.45, 7) is 0.173. The summed E-state index contributed by atoms with van der Waals surface area (Å²) < 4.78 is 37.6. The maximum Gasteiger partial charge on any atom is 0.290 e. The van der Waals surface area contributed by atoms with Crippen molar-refractivity contribution in [1.29, 1.82) is 0 Å². The van der Waals surface area contributed by atoms with Crippen LogP contribution in [0.25, 0.3) is 0 Å². The van der Waals surface area contributed by atoms with E-state index in [1.54, 1.807) is 0 Å². The molecule has 0 unspecified atom stereocenters. The average molecular weight is 312 g/mol. The van der Waals surface area contributed by atoms with Crippen LogP contribution in [-0.4, -0.2) is 16.6 Å². The van der Waals surface area contributed by atoms with Gasteiger partial charge in [0, 0.05) is 12.7 Å². The highest BCUT2D eigenvalue weighted by atomic mass is 32.2. The molecule has 0 saturated heterocycles. The van der Waals surface area contributed by atoms with E-state index in [1.807, 2.05) is 0 Å². The van der Waals surface area contributed by atoms with Crippen LogP contribution in [0.5, 0.6) is 0 Å². The minimum atomic E-state index is -2.65. The monoisotopic (exact) mass is 312 g/mol. The second-order valence-electron chi connectivity index (χ2n) is 4.04. The molecule has 1 N–H and O–H groups in total. The van der Waals surface area contributed by atoms with E-state index in [0.29, 0.717) is 5.56 Å². The standard InChI is InChI=1S/C14H11F3N2OS/c15-10-5-3-9(4-6-10)8-19-12(20)11-2-1-7-18-13(11)21-14(16)17/h1-7,14H,8H2,(H,19,20). The number of halogens is 3. The Morgan fingerprint density at radius 2 is 1.95 bits per heavy atom. The summed E-state index contributed by atoms with van der Waals surface area (Å²) >= 11 is 0.222. The van der Waals surface area contributed by atoms with E-state index in [9.17, 15) is 18.0 Å². The number of carbonyl (C=O) groups excluding carboxylic acids is 1. The van der Waals surface area contributed by atoms with Gasteiger partial charge in [-0.1, -0.05) is 12.1 Å². The van der Waals surface area contributed by atoms with Crippen LogP contribution in [0.1, 0.15) is 15.9 Å². The van der Waals surface area contributed by atoms with Crippen molar-refractivity contribution in [3.63, 3.8) is 0 Å². The smallest absolute Gasteiger partial charge is 0.290 e. The van der Waals surface area contributed by atoms with E-state index in [1.165, 1.54) is 42.6 Å². The molecule has 0 bridgehead atoms. The first-order valence-corrected chi connectivity index (χ1v) is 6.86. The highest BCUT2D eigenvalue weighted by Gasteiger charge is 2.16. The van der Waals surface area contributed by atoms with Gasteiger partial charge in [0.25, 0.3) is 11.7 Å². The molecule has 1 heterocycles. The Kier molecular flexibility index (Phi) is 5.21. The fourth-order valence-corrected chi connectivity index (χ4v) is 2.20. The Balaban J connectivity index is 2.05. The number of aromatic nitrogens is 1. The molecule has 1 aromatic heterocycles. The fraction of sp³-hybridized carbons (Fsp3) is 0.143. The summed E-state index contributed by atoms with van der Waals surface area (Å²) in [6.07, 6.45) is 1.35. The first-order valence-electron chi connectivity index (χ1n) is 5.98. The number of pyridine rings is 1. The largest absolute Gasteiger partial charge is 0.348 e. The van der Waals surface area contributed by atoms with Gasteiger partial charge < -0.3 is 5.32 Å². The lowest BCUT2D eigenvalue weighted by atomic mass is 10.2. The maximum atomic E-state index is 12.8. The molecule has 2 aromatic rings. The van der Waals surface area contributed by atoms with Gasteiger partial charge in [-0.3, -0.25) is 4.79 Å². The number of rotatable bonds is 5. The van der Waals surface area contributed by atoms with Gasteiger partial charge >= 0.3 is 0 Å². The molecule has 0 spiro atoms. The minimum absolute atomic E-state index is 0.0240. The number of alkyl halides is 2. The highest BCUT2D eigenvalue weighted by molar-refractivity contribution is 7.99. The number of hydrogen-bond acceptors (Lipinski definition) is 3. The van der Waals surface area contributed by atoms with E-state index in [2.05, 4.69) is 10.3 Å². The van der Waals surface area contributed by atoms with Gasteiger partial charge in [-0.25, -0.2) is 9.37 Å². The molecule has 0 atom stereocenters. The first-order chi connectivity index (χ1) is 10.1. The Hall–Kier alpha value is -2.02. The van der Waals surface area contributed by atoms with Gasteiger partial charge in [0.2, 0.25) is 0 Å². The summed E-state index contributed by atoms with van der Waals surface area (Å²) in [5.41, 5.74) is 0.793. The molecule has 1 aromatic carbocycles. The number of hydrogen-bond donors (Lipinski definition) is 1. The van der Waals surface area contributed by atoms with Crippen molar-refractivity contribution in [3.8, 4) is 0 Å². The number of carbonyl (C=O) groups is 1. The third-order valence-electron chi connectivity index (χ3n) is 2.58. The maximum absolute atomic E-state index is 12.8. The number of amides is 1. The Morgan fingerprint density at radius 3 is 2.62 bits per heavy atom. The second-order valence-corrected chi connectivity index (χ2v) is 5.02. The van der Waals surface area contributed by atoms with Crippen molar-refractivity contribution in [2.45, 2.75) is 17.3 Å². The summed E-state index contributed by atoms with van der Waals surface area (Å²) in [4.78, 5) is 15.8. The summed E-state index contributed by atoms with van der Waals surface area (Å²) in [6, 6.07) is 8.56. The van der Waals surface area contributed by atoms with Gasteiger partial charge in [0.1, 0.15) is 10.8 Å². The molecule has 0 fully saturated rings. The first kappa shape index (κ1) is 15.4. The molecule has 3 nitrogen and oxygen atoms in total. The van der Waals surface area contributed by atoms with Crippen molar-refractivity contribution in [1.82, 2.24) is 10.3 Å². The van der Waals surface area contributed by atoms with Crippen LogP contribution in [-0.2, 0) is 6.54 Å². The third kappa shape index (κ3) is 4.49. The van der Waals surface area contributed by atoms with Crippen LogP contribution < -0.4 is 5.32 Å². The van der Waals surface area contributed by atoms with Crippen molar-refractivity contribution >= 4 is 17.7 Å². The summed E-state index contributed by atoms with van der Waals surface area (Å²) in [5, 5.41) is 2.56. The molecular formula is C14H11F3N2OS. The van der Waals surface area contributed by atoms with Crippen molar-refractivity contribution in [3.05, 3.63) is 59.5 Å². The van der Waals surface area contributed by atoms with E-state index in [4.69, 9.17) is 0 Å². The zero-order valence-corrected chi connectivity index (χ0v) is 11.5. The van der Waals surface area contributed by atoms with Gasteiger partial charge in [0.05, 0.1) is 5.56 Å². The van der Waals surface area contributed by atoms with Gasteiger partial charge in [0.15, 0.2) is 0 Å². The number of thioether (sulfide) groups is 1. The molecule has 21 heavy (non-hydrogen) atoms. The second kappa shape index (κ2) is 7.12. The molecular weight excluding hydrogens is 301 g/mol. The van der Waals surface area contributed by atoms with Crippen LogP contribution in [0.2, 0.25) is 0 Å². The van der Waals surface area contributed by atoms with Crippen LogP contribution in [0.15, 0.2) is 47.6 Å². The van der Waals surface area contributed by atoms with Crippen LogP contribution in [0.3, 0.4) is 0 Å². The number of benzene rings is 1. The van der Waals surface area contributed by atoms with Crippen LogP contribution in [0, 0.1) is 5.82 Å². The summed E-state index contributed by atoms with van der Waals surface area (Å²) in [5.74, 6) is -3.52. The molecule has 0 aliphatic carbocycles. The molecule has 110 valence electrons. The van der Waals surface area contributed by atoms with E-state index < -0.39 is 11.7 Å². The Labute approximate surface area is 123 Å². The minimum Gasteiger partial charge on any atom is -0.348 e.